The predicted octanol–water partition coefficient (Wildman–Crippen LogP) is 3.51. The van der Waals surface area contributed by atoms with Crippen molar-refractivity contribution in [3.8, 4) is 0 Å². The summed E-state index contributed by atoms with van der Waals surface area (Å²) < 4.78 is 5.81. The average molecular weight is 366 g/mol. The van der Waals surface area contributed by atoms with Gasteiger partial charge in [0.05, 0.1) is 13.2 Å². The molecule has 0 aliphatic carbocycles. The van der Waals surface area contributed by atoms with Crippen LogP contribution in [-0.2, 0) is 11.2 Å². The van der Waals surface area contributed by atoms with E-state index in [2.05, 4.69) is 59.4 Å². The van der Waals surface area contributed by atoms with Crippen molar-refractivity contribution in [1.82, 2.24) is 10.3 Å². The molecule has 0 amide bonds. The first-order valence-corrected chi connectivity index (χ1v) is 10.2. The summed E-state index contributed by atoms with van der Waals surface area (Å²) >= 11 is 0. The van der Waals surface area contributed by atoms with Gasteiger partial charge in [0.25, 0.3) is 0 Å². The first-order chi connectivity index (χ1) is 13.2. The van der Waals surface area contributed by atoms with Gasteiger partial charge in [0.2, 0.25) is 0 Å². The molecule has 4 heteroatoms. The standard InChI is InChI=1S/C23H31N3O/c1-17-11-18(2)13-22(12-17)26-9-5-21(6-10-26)25-23-16-27-15-20(23)14-19-3-7-24-8-4-19/h3-4,7-8,11-13,20-21,23,25H,5-6,9-10,14-16H2,1-2H3/t20-,23-/m1/s1. The topological polar surface area (TPSA) is 37.4 Å². The fourth-order valence-corrected chi connectivity index (χ4v) is 4.55. The number of aryl methyl sites for hydroxylation is 2. The summed E-state index contributed by atoms with van der Waals surface area (Å²) in [5, 5.41) is 3.92. The fraction of sp³-hybridized carbons (Fsp3) is 0.522. The minimum absolute atomic E-state index is 0.468. The Bertz CT molecular complexity index is 720. The SMILES string of the molecule is Cc1cc(C)cc(N2CCC(N[C@@H]3COC[C@H]3Cc3ccncc3)CC2)c1. The van der Waals surface area contributed by atoms with E-state index < -0.39 is 0 Å². The Balaban J connectivity index is 1.30. The molecule has 3 heterocycles. The number of hydrogen-bond donors (Lipinski definition) is 1. The summed E-state index contributed by atoms with van der Waals surface area (Å²) in [5.41, 5.74) is 5.45. The van der Waals surface area contributed by atoms with Gasteiger partial charge in [-0.15, -0.1) is 0 Å². The van der Waals surface area contributed by atoms with Crippen LogP contribution in [0.2, 0.25) is 0 Å². The Morgan fingerprint density at radius 3 is 2.44 bits per heavy atom. The first kappa shape index (κ1) is 18.5. The lowest BCUT2D eigenvalue weighted by molar-refractivity contribution is 0.181. The summed E-state index contributed by atoms with van der Waals surface area (Å²) in [6, 6.07) is 12.2. The Morgan fingerprint density at radius 2 is 1.74 bits per heavy atom. The van der Waals surface area contributed by atoms with Crippen molar-refractivity contribution in [1.29, 1.82) is 0 Å². The minimum atomic E-state index is 0.468. The number of anilines is 1. The van der Waals surface area contributed by atoms with E-state index in [9.17, 15) is 0 Å². The van der Waals surface area contributed by atoms with Crippen molar-refractivity contribution >= 4 is 5.69 Å². The van der Waals surface area contributed by atoms with Gasteiger partial charge < -0.3 is 15.0 Å². The van der Waals surface area contributed by atoms with Crippen LogP contribution in [0.5, 0.6) is 0 Å². The normalized spacial score (nSPS) is 23.7. The number of hydrogen-bond acceptors (Lipinski definition) is 4. The Morgan fingerprint density at radius 1 is 1.04 bits per heavy atom. The molecule has 0 saturated carbocycles. The van der Waals surface area contributed by atoms with E-state index in [1.165, 1.54) is 35.2 Å². The van der Waals surface area contributed by atoms with E-state index in [-0.39, 0.29) is 0 Å². The third-order valence-electron chi connectivity index (χ3n) is 5.96. The molecule has 4 nitrogen and oxygen atoms in total. The summed E-state index contributed by atoms with van der Waals surface area (Å²) in [6.07, 6.45) is 7.24. The second kappa shape index (κ2) is 8.41. The van der Waals surface area contributed by atoms with Gasteiger partial charge in [0, 0.05) is 49.2 Å². The number of benzene rings is 1. The molecule has 2 saturated heterocycles. The highest BCUT2D eigenvalue weighted by molar-refractivity contribution is 5.51. The van der Waals surface area contributed by atoms with Crippen molar-refractivity contribution < 1.29 is 4.74 Å². The highest BCUT2D eigenvalue weighted by Gasteiger charge is 2.31. The largest absolute Gasteiger partial charge is 0.379 e. The van der Waals surface area contributed by atoms with Gasteiger partial charge in [0.15, 0.2) is 0 Å². The maximum Gasteiger partial charge on any atom is 0.0623 e. The van der Waals surface area contributed by atoms with E-state index in [1.807, 2.05) is 12.4 Å². The Hall–Kier alpha value is -1.91. The molecule has 1 aromatic carbocycles. The molecule has 2 fully saturated rings. The fourth-order valence-electron chi connectivity index (χ4n) is 4.55. The van der Waals surface area contributed by atoms with Crippen molar-refractivity contribution in [2.24, 2.45) is 5.92 Å². The van der Waals surface area contributed by atoms with Gasteiger partial charge in [-0.3, -0.25) is 4.98 Å². The van der Waals surface area contributed by atoms with Crippen LogP contribution in [0.3, 0.4) is 0 Å². The number of aromatic nitrogens is 1. The first-order valence-electron chi connectivity index (χ1n) is 10.2. The van der Waals surface area contributed by atoms with Crippen LogP contribution in [0.1, 0.15) is 29.5 Å². The number of pyridine rings is 1. The zero-order valence-electron chi connectivity index (χ0n) is 16.5. The summed E-state index contributed by atoms with van der Waals surface area (Å²) in [7, 11) is 0. The minimum Gasteiger partial charge on any atom is -0.379 e. The van der Waals surface area contributed by atoms with Crippen LogP contribution in [0.25, 0.3) is 0 Å². The van der Waals surface area contributed by atoms with Gasteiger partial charge in [0.1, 0.15) is 0 Å². The lowest BCUT2D eigenvalue weighted by Gasteiger charge is -2.36. The highest BCUT2D eigenvalue weighted by Crippen LogP contribution is 2.25. The molecule has 2 aromatic rings. The maximum atomic E-state index is 5.81. The number of nitrogens with one attached hydrogen (secondary N) is 1. The molecule has 2 aliphatic heterocycles. The zero-order valence-corrected chi connectivity index (χ0v) is 16.5. The van der Waals surface area contributed by atoms with Crippen molar-refractivity contribution in [3.05, 3.63) is 59.4 Å². The highest BCUT2D eigenvalue weighted by atomic mass is 16.5. The molecule has 0 spiro atoms. The van der Waals surface area contributed by atoms with Gasteiger partial charge in [-0.1, -0.05) is 6.07 Å². The third kappa shape index (κ3) is 4.69. The molecule has 1 N–H and O–H groups in total. The lowest BCUT2D eigenvalue weighted by Crippen LogP contribution is -2.48. The van der Waals surface area contributed by atoms with Gasteiger partial charge in [-0.2, -0.15) is 0 Å². The molecule has 0 bridgehead atoms. The molecular formula is C23H31N3O. The number of nitrogens with zero attached hydrogens (tertiary/aromatic N) is 2. The van der Waals surface area contributed by atoms with Crippen molar-refractivity contribution in [3.63, 3.8) is 0 Å². The molecule has 0 unspecified atom stereocenters. The van der Waals surface area contributed by atoms with Crippen LogP contribution in [0, 0.1) is 19.8 Å². The van der Waals surface area contributed by atoms with Crippen LogP contribution >= 0.6 is 0 Å². The van der Waals surface area contributed by atoms with Crippen LogP contribution in [0.15, 0.2) is 42.7 Å². The van der Waals surface area contributed by atoms with Gasteiger partial charge in [-0.05, 0) is 74.1 Å². The quantitative estimate of drug-likeness (QED) is 0.880. The van der Waals surface area contributed by atoms with Gasteiger partial charge in [-0.25, -0.2) is 0 Å². The number of ether oxygens (including phenoxy) is 1. The summed E-state index contributed by atoms with van der Waals surface area (Å²) in [5.74, 6) is 0.560. The van der Waals surface area contributed by atoms with E-state index in [4.69, 9.17) is 4.74 Å². The molecular weight excluding hydrogens is 334 g/mol. The lowest BCUT2D eigenvalue weighted by atomic mass is 9.93. The molecule has 144 valence electrons. The Labute approximate surface area is 162 Å². The van der Waals surface area contributed by atoms with E-state index in [0.717, 1.165) is 32.7 Å². The van der Waals surface area contributed by atoms with Crippen LogP contribution in [-0.4, -0.2) is 43.4 Å². The molecule has 4 rings (SSSR count). The number of rotatable bonds is 5. The summed E-state index contributed by atoms with van der Waals surface area (Å²) in [6.45, 7) is 8.34. The molecule has 0 radical (unpaired) electrons. The van der Waals surface area contributed by atoms with Gasteiger partial charge >= 0.3 is 0 Å². The predicted molar refractivity (Wildman–Crippen MR) is 110 cm³/mol. The molecule has 27 heavy (non-hydrogen) atoms. The van der Waals surface area contributed by atoms with Crippen LogP contribution < -0.4 is 10.2 Å². The third-order valence-corrected chi connectivity index (χ3v) is 5.96. The zero-order chi connectivity index (χ0) is 18.6. The Kier molecular flexibility index (Phi) is 5.74. The van der Waals surface area contributed by atoms with Crippen LogP contribution in [0.4, 0.5) is 5.69 Å². The summed E-state index contributed by atoms with van der Waals surface area (Å²) in [4.78, 5) is 6.66. The molecule has 2 aliphatic rings. The molecule has 1 aromatic heterocycles. The van der Waals surface area contributed by atoms with Crippen molar-refractivity contribution in [2.45, 2.75) is 45.2 Å². The van der Waals surface area contributed by atoms with E-state index in [0.29, 0.717) is 18.0 Å². The van der Waals surface area contributed by atoms with E-state index in [1.54, 1.807) is 0 Å². The average Bonchev–Trinajstić information content (AvgIpc) is 3.09. The smallest absolute Gasteiger partial charge is 0.0623 e. The molecule has 2 atom stereocenters. The van der Waals surface area contributed by atoms with Crippen molar-refractivity contribution in [2.75, 3.05) is 31.2 Å². The number of piperidine rings is 1. The monoisotopic (exact) mass is 365 g/mol. The second-order valence-corrected chi connectivity index (χ2v) is 8.24. The maximum absolute atomic E-state index is 5.81. The van der Waals surface area contributed by atoms with E-state index >= 15 is 0 Å². The second-order valence-electron chi connectivity index (χ2n) is 8.24.